The Morgan fingerprint density at radius 3 is 0.960 bits per heavy atom. The van der Waals surface area contributed by atoms with Crippen LogP contribution in [0.2, 0.25) is 0 Å². The second-order valence-corrected chi connectivity index (χ2v) is 4.43. The van der Waals surface area contributed by atoms with Crippen LogP contribution in [0.25, 0.3) is 0 Å². The Labute approximate surface area is 157 Å². The van der Waals surface area contributed by atoms with E-state index in [-0.39, 0.29) is 49.3 Å². The molecular weight excluding hydrogens is 525 g/mol. The molecule has 0 saturated carbocycles. The van der Waals surface area contributed by atoms with Crippen molar-refractivity contribution in [3.05, 3.63) is 35.5 Å². The molecule has 0 bridgehead atoms. The van der Waals surface area contributed by atoms with Crippen molar-refractivity contribution in [2.24, 2.45) is 0 Å². The van der Waals surface area contributed by atoms with Crippen LogP contribution in [0.4, 0.5) is 13.2 Å². The van der Waals surface area contributed by atoms with Gasteiger partial charge < -0.3 is 15.3 Å². The Morgan fingerprint density at radius 2 is 0.920 bits per heavy atom. The van der Waals surface area contributed by atoms with E-state index in [9.17, 15) is 27.6 Å². The summed E-state index contributed by atoms with van der Waals surface area (Å²) in [4.78, 5) is 30.0. The molecule has 0 aromatic rings. The molecule has 0 aliphatic carbocycles. The fourth-order valence-corrected chi connectivity index (χ4v) is 0.863. The van der Waals surface area contributed by atoms with Crippen LogP contribution in [0.5, 0.6) is 0 Å². The summed E-state index contributed by atoms with van der Waals surface area (Å²) in [5.74, 6) is -2.82. The second-order valence-electron chi connectivity index (χ2n) is 4.43. The van der Waals surface area contributed by atoms with Gasteiger partial charge in [-0.05, 0) is 34.6 Å². The van der Waals surface area contributed by atoms with Crippen LogP contribution in [0.15, 0.2) is 35.5 Å². The molecule has 0 unspecified atom stereocenters. The molecular formula is C15H21F3IrO6. The number of aliphatic hydroxyl groups is 3. The van der Waals surface area contributed by atoms with Gasteiger partial charge in [-0.25, -0.2) is 0 Å². The number of carbonyl (C=O) groups is 3. The number of hydrogen-bond acceptors (Lipinski definition) is 6. The minimum absolute atomic E-state index is 0. The second kappa shape index (κ2) is 15.6. The maximum atomic E-state index is 11.3. The summed E-state index contributed by atoms with van der Waals surface area (Å²) in [7, 11) is 0. The SMILES string of the molecule is CC(=O)C=C(C)O.CC(=O)C=C(C)O.CC(=O)C=C(O)C(F)(F)F.[Ir]. The van der Waals surface area contributed by atoms with Crippen LogP contribution in [-0.4, -0.2) is 38.8 Å². The summed E-state index contributed by atoms with van der Waals surface area (Å²) in [5.41, 5.74) is 0. The average Bonchev–Trinajstić information content (AvgIpc) is 2.23. The minimum Gasteiger partial charge on any atom is -0.512 e. The smallest absolute Gasteiger partial charge is 0.448 e. The minimum atomic E-state index is -4.81. The number of allylic oxidation sites excluding steroid dienone is 6. The third-order valence-corrected chi connectivity index (χ3v) is 1.45. The molecule has 0 aromatic heterocycles. The Kier molecular flexibility index (Phi) is 19.3. The molecule has 0 amide bonds. The quantitative estimate of drug-likeness (QED) is 0.368. The van der Waals surface area contributed by atoms with Gasteiger partial charge in [-0.15, -0.1) is 0 Å². The largest absolute Gasteiger partial charge is 0.512 e. The third-order valence-electron chi connectivity index (χ3n) is 1.45. The van der Waals surface area contributed by atoms with Crippen LogP contribution in [0, 0.1) is 0 Å². The number of alkyl halides is 3. The van der Waals surface area contributed by atoms with E-state index in [4.69, 9.17) is 15.3 Å². The Morgan fingerprint density at radius 1 is 0.680 bits per heavy atom. The van der Waals surface area contributed by atoms with E-state index in [1.807, 2.05) is 0 Å². The van der Waals surface area contributed by atoms with Gasteiger partial charge >= 0.3 is 6.18 Å². The number of halogens is 3. The van der Waals surface area contributed by atoms with Crippen molar-refractivity contribution in [2.45, 2.75) is 40.8 Å². The normalized spacial score (nSPS) is 11.8. The molecule has 0 aliphatic rings. The van der Waals surface area contributed by atoms with E-state index in [1.54, 1.807) is 0 Å². The molecule has 0 spiro atoms. The fraction of sp³-hybridized carbons (Fsp3) is 0.400. The van der Waals surface area contributed by atoms with Gasteiger partial charge in [0.15, 0.2) is 17.3 Å². The standard InChI is InChI=1S/C5H5F3O2.2C5H8O2.Ir/c1-3(9)2-4(10)5(6,7)8;2*1-4(6)3-5(2)7;/h2,10H,1H3;2*3,6H,1-2H3;. The van der Waals surface area contributed by atoms with E-state index < -0.39 is 17.7 Å². The molecule has 10 heteroatoms. The fourth-order valence-electron chi connectivity index (χ4n) is 0.863. The van der Waals surface area contributed by atoms with Gasteiger partial charge in [-0.3, -0.25) is 14.4 Å². The molecule has 6 nitrogen and oxygen atoms in total. The van der Waals surface area contributed by atoms with Gasteiger partial charge in [-0.2, -0.15) is 13.2 Å². The van der Waals surface area contributed by atoms with Crippen LogP contribution in [0.1, 0.15) is 34.6 Å². The van der Waals surface area contributed by atoms with Crippen molar-refractivity contribution in [1.29, 1.82) is 0 Å². The molecule has 25 heavy (non-hydrogen) atoms. The molecule has 0 heterocycles. The predicted molar refractivity (Wildman–Crippen MR) is 81.6 cm³/mol. The molecule has 0 saturated heterocycles. The molecule has 3 N–H and O–H groups in total. The summed E-state index contributed by atoms with van der Waals surface area (Å²) in [5, 5.41) is 24.8. The number of rotatable bonds is 3. The van der Waals surface area contributed by atoms with E-state index >= 15 is 0 Å². The summed E-state index contributed by atoms with van der Waals surface area (Å²) < 4.78 is 34.0. The Bertz CT molecular complexity index is 498. The number of hydrogen-bond donors (Lipinski definition) is 3. The number of carbonyl (C=O) groups excluding carboxylic acids is 3. The van der Waals surface area contributed by atoms with Gasteiger partial charge in [0.1, 0.15) is 0 Å². The van der Waals surface area contributed by atoms with Gasteiger partial charge in [0, 0.05) is 38.3 Å². The number of aliphatic hydroxyl groups excluding tert-OH is 3. The molecule has 147 valence electrons. The Hall–Kier alpha value is -1.93. The van der Waals surface area contributed by atoms with Crippen LogP contribution in [-0.2, 0) is 34.5 Å². The first-order valence-corrected chi connectivity index (χ1v) is 6.33. The van der Waals surface area contributed by atoms with Crippen molar-refractivity contribution in [1.82, 2.24) is 0 Å². The van der Waals surface area contributed by atoms with Gasteiger partial charge in [0.05, 0.1) is 11.5 Å². The summed E-state index contributed by atoms with van der Waals surface area (Å²) in [6.07, 6.45) is -2.36. The predicted octanol–water partition coefficient (Wildman–Crippen LogP) is 3.65. The van der Waals surface area contributed by atoms with E-state index in [1.165, 1.54) is 39.8 Å². The zero-order valence-electron chi connectivity index (χ0n) is 14.3. The zero-order chi connectivity index (χ0) is 20.1. The van der Waals surface area contributed by atoms with Crippen molar-refractivity contribution in [3.8, 4) is 0 Å². The van der Waals surface area contributed by atoms with Gasteiger partial charge in [0.2, 0.25) is 5.76 Å². The van der Waals surface area contributed by atoms with Gasteiger partial charge in [0.25, 0.3) is 0 Å². The van der Waals surface area contributed by atoms with Crippen LogP contribution in [0.3, 0.4) is 0 Å². The van der Waals surface area contributed by atoms with E-state index in [2.05, 4.69) is 0 Å². The summed E-state index contributed by atoms with van der Waals surface area (Å²) >= 11 is 0. The molecule has 0 atom stereocenters. The molecule has 1 radical (unpaired) electrons. The van der Waals surface area contributed by atoms with Crippen molar-refractivity contribution in [3.63, 3.8) is 0 Å². The Balaban J connectivity index is -0.000000133. The monoisotopic (exact) mass is 547 g/mol. The van der Waals surface area contributed by atoms with Crippen molar-refractivity contribution < 1.29 is 63.0 Å². The van der Waals surface area contributed by atoms with Crippen molar-refractivity contribution >= 4 is 17.3 Å². The van der Waals surface area contributed by atoms with Crippen LogP contribution < -0.4 is 0 Å². The summed E-state index contributed by atoms with van der Waals surface area (Å²) in [6.45, 7) is 6.62. The third kappa shape index (κ3) is 34.4. The molecule has 0 aliphatic heterocycles. The first-order valence-electron chi connectivity index (χ1n) is 6.33. The number of ketones is 3. The van der Waals surface area contributed by atoms with E-state index in [0.29, 0.717) is 0 Å². The first kappa shape index (κ1) is 30.9. The first-order chi connectivity index (χ1) is 10.6. The van der Waals surface area contributed by atoms with Crippen molar-refractivity contribution in [2.75, 3.05) is 0 Å². The molecule has 0 fully saturated rings. The zero-order valence-corrected chi connectivity index (χ0v) is 16.7. The van der Waals surface area contributed by atoms with Gasteiger partial charge in [-0.1, -0.05) is 0 Å². The average molecular weight is 547 g/mol. The van der Waals surface area contributed by atoms with Crippen LogP contribution >= 0.6 is 0 Å². The summed E-state index contributed by atoms with van der Waals surface area (Å²) in [6, 6.07) is 0. The maximum absolute atomic E-state index is 11.3. The maximum Gasteiger partial charge on any atom is 0.448 e. The molecule has 0 rings (SSSR count). The molecule has 0 aromatic carbocycles. The topological polar surface area (TPSA) is 112 Å². The van der Waals surface area contributed by atoms with E-state index in [0.717, 1.165) is 6.92 Å².